The van der Waals surface area contributed by atoms with E-state index in [1.165, 1.54) is 43.9 Å². The molecule has 4 unspecified atom stereocenters. The smallest absolute Gasteiger partial charge is 0.303 e. The summed E-state index contributed by atoms with van der Waals surface area (Å²) < 4.78 is 9.22. The van der Waals surface area contributed by atoms with Gasteiger partial charge in [0.2, 0.25) is 0 Å². The monoisotopic (exact) mass is 284 g/mol. The SMILES string of the molecule is CC1CCCCC1(C)C1C2CCCC21.CO[SiH2]OC. The molecule has 3 aliphatic rings. The fourth-order valence-electron chi connectivity index (χ4n) is 4.95. The van der Waals surface area contributed by atoms with Crippen LogP contribution in [-0.2, 0) is 8.85 Å². The predicted molar refractivity (Wildman–Crippen MR) is 82.6 cm³/mol. The van der Waals surface area contributed by atoms with Crippen molar-refractivity contribution in [3.63, 3.8) is 0 Å². The maximum Gasteiger partial charge on any atom is 0.303 e. The third kappa shape index (κ3) is 3.25. The van der Waals surface area contributed by atoms with Crippen LogP contribution in [0.25, 0.3) is 0 Å². The molecule has 0 aromatic rings. The summed E-state index contributed by atoms with van der Waals surface area (Å²) in [7, 11) is 2.73. The summed E-state index contributed by atoms with van der Waals surface area (Å²) >= 11 is 0. The van der Waals surface area contributed by atoms with Crippen LogP contribution in [0.15, 0.2) is 0 Å². The summed E-state index contributed by atoms with van der Waals surface area (Å²) in [6.45, 7) is 5.13. The molecule has 0 radical (unpaired) electrons. The second-order valence-corrected chi connectivity index (χ2v) is 8.52. The Balaban J connectivity index is 0.000000232. The van der Waals surface area contributed by atoms with Gasteiger partial charge in [-0.05, 0) is 48.3 Å². The van der Waals surface area contributed by atoms with Gasteiger partial charge in [-0.3, -0.25) is 0 Å². The van der Waals surface area contributed by atoms with Crippen molar-refractivity contribution >= 4 is 10.0 Å². The highest BCUT2D eigenvalue weighted by atomic mass is 28.3. The van der Waals surface area contributed by atoms with Crippen LogP contribution in [0.3, 0.4) is 0 Å². The first-order chi connectivity index (χ1) is 9.15. The Kier molecular flexibility index (Phi) is 5.50. The van der Waals surface area contributed by atoms with Crippen molar-refractivity contribution in [1.29, 1.82) is 0 Å². The summed E-state index contributed by atoms with van der Waals surface area (Å²) in [4.78, 5) is 0. The number of rotatable bonds is 3. The molecule has 0 bridgehead atoms. The number of hydrogen-bond donors (Lipinski definition) is 0. The molecular formula is C16H32O2Si. The van der Waals surface area contributed by atoms with Crippen molar-refractivity contribution in [2.75, 3.05) is 14.2 Å². The largest absolute Gasteiger partial charge is 0.402 e. The van der Waals surface area contributed by atoms with Crippen molar-refractivity contribution < 1.29 is 8.85 Å². The molecule has 3 rings (SSSR count). The lowest BCUT2D eigenvalue weighted by Crippen LogP contribution is -2.32. The van der Waals surface area contributed by atoms with Gasteiger partial charge in [-0.15, -0.1) is 0 Å². The van der Waals surface area contributed by atoms with Crippen molar-refractivity contribution in [2.24, 2.45) is 29.1 Å². The van der Waals surface area contributed by atoms with Crippen molar-refractivity contribution in [3.05, 3.63) is 0 Å². The van der Waals surface area contributed by atoms with E-state index in [1.807, 2.05) is 0 Å². The van der Waals surface area contributed by atoms with Crippen molar-refractivity contribution in [3.8, 4) is 0 Å². The first kappa shape index (κ1) is 15.5. The van der Waals surface area contributed by atoms with Crippen molar-refractivity contribution in [2.45, 2.75) is 58.8 Å². The van der Waals surface area contributed by atoms with Crippen LogP contribution in [0.5, 0.6) is 0 Å². The van der Waals surface area contributed by atoms with Gasteiger partial charge in [0.25, 0.3) is 0 Å². The summed E-state index contributed by atoms with van der Waals surface area (Å²) in [6, 6.07) is 0. The maximum atomic E-state index is 4.61. The highest BCUT2D eigenvalue weighted by Gasteiger charge is 2.61. The molecule has 0 N–H and O–H groups in total. The zero-order valence-electron chi connectivity index (χ0n) is 13.3. The van der Waals surface area contributed by atoms with Crippen LogP contribution < -0.4 is 0 Å². The van der Waals surface area contributed by atoms with Gasteiger partial charge < -0.3 is 8.85 Å². The third-order valence-electron chi connectivity index (χ3n) is 6.13. The molecule has 112 valence electrons. The van der Waals surface area contributed by atoms with Crippen LogP contribution in [0.4, 0.5) is 0 Å². The van der Waals surface area contributed by atoms with E-state index in [0.717, 1.165) is 17.3 Å². The fraction of sp³-hybridized carbons (Fsp3) is 1.00. The molecule has 0 saturated heterocycles. The maximum absolute atomic E-state index is 4.61. The molecule has 3 aliphatic carbocycles. The first-order valence-corrected chi connectivity index (χ1v) is 9.28. The summed E-state index contributed by atoms with van der Waals surface area (Å²) in [5, 5.41) is 0. The highest BCUT2D eigenvalue weighted by Crippen LogP contribution is 2.68. The molecule has 3 fully saturated rings. The van der Waals surface area contributed by atoms with Gasteiger partial charge in [0.1, 0.15) is 0 Å². The molecule has 0 spiro atoms. The Morgan fingerprint density at radius 1 is 0.947 bits per heavy atom. The second kappa shape index (κ2) is 6.73. The van der Waals surface area contributed by atoms with Gasteiger partial charge in [0.05, 0.1) is 0 Å². The van der Waals surface area contributed by atoms with Gasteiger partial charge in [-0.25, -0.2) is 0 Å². The quantitative estimate of drug-likeness (QED) is 0.738. The van der Waals surface area contributed by atoms with E-state index >= 15 is 0 Å². The Hall–Kier alpha value is 0.137. The molecule has 0 amide bonds. The van der Waals surface area contributed by atoms with Gasteiger partial charge in [-0.2, -0.15) is 0 Å². The molecule has 0 heterocycles. The first-order valence-electron chi connectivity index (χ1n) is 8.13. The van der Waals surface area contributed by atoms with Gasteiger partial charge >= 0.3 is 10.0 Å². The zero-order valence-corrected chi connectivity index (χ0v) is 14.7. The van der Waals surface area contributed by atoms with E-state index in [-0.39, 0.29) is 0 Å². The second-order valence-electron chi connectivity index (χ2n) is 7.13. The lowest BCUT2D eigenvalue weighted by atomic mass is 9.64. The molecular weight excluding hydrogens is 252 g/mol. The van der Waals surface area contributed by atoms with Crippen LogP contribution in [0.1, 0.15) is 58.8 Å². The molecule has 0 aromatic heterocycles. The van der Waals surface area contributed by atoms with E-state index < -0.39 is 10.0 Å². The average Bonchev–Trinajstić information content (AvgIpc) is 2.91. The molecule has 4 atom stereocenters. The van der Waals surface area contributed by atoms with Gasteiger partial charge in [-0.1, -0.05) is 39.5 Å². The molecule has 2 nitrogen and oxygen atoms in total. The minimum atomic E-state index is -0.568. The summed E-state index contributed by atoms with van der Waals surface area (Å²) in [5.41, 5.74) is 0.744. The normalized spacial score (nSPS) is 44.2. The Labute approximate surface area is 121 Å². The minimum absolute atomic E-state index is 0.568. The molecule has 0 aromatic carbocycles. The van der Waals surface area contributed by atoms with Crippen molar-refractivity contribution in [1.82, 2.24) is 0 Å². The average molecular weight is 285 g/mol. The summed E-state index contributed by atoms with van der Waals surface area (Å²) in [5.74, 6) is 4.49. The minimum Gasteiger partial charge on any atom is -0.402 e. The van der Waals surface area contributed by atoms with E-state index in [2.05, 4.69) is 22.7 Å². The predicted octanol–water partition coefficient (Wildman–Crippen LogP) is 3.53. The highest BCUT2D eigenvalue weighted by molar-refractivity contribution is 6.17. The van der Waals surface area contributed by atoms with Crippen LogP contribution >= 0.6 is 0 Å². The molecule has 0 aliphatic heterocycles. The Morgan fingerprint density at radius 3 is 2.05 bits per heavy atom. The number of fused-ring (bicyclic) bond motifs is 1. The van der Waals surface area contributed by atoms with Crippen LogP contribution in [0.2, 0.25) is 0 Å². The van der Waals surface area contributed by atoms with E-state index in [9.17, 15) is 0 Å². The van der Waals surface area contributed by atoms with Crippen LogP contribution in [-0.4, -0.2) is 24.2 Å². The standard InChI is InChI=1S/C14H24.C2H8O2Si/c1-10-6-3-4-9-14(10,2)13-11-7-5-8-12(11)13;1-3-5-4-2/h10-13H,3-9H2,1-2H3;5H2,1-2H3. The van der Waals surface area contributed by atoms with E-state index in [4.69, 9.17) is 0 Å². The fourth-order valence-corrected chi connectivity index (χ4v) is 5.18. The lowest BCUT2D eigenvalue weighted by Gasteiger charge is -2.41. The van der Waals surface area contributed by atoms with E-state index in [1.54, 1.807) is 27.1 Å². The Morgan fingerprint density at radius 2 is 1.58 bits per heavy atom. The van der Waals surface area contributed by atoms with Gasteiger partial charge in [0.15, 0.2) is 0 Å². The zero-order chi connectivity index (χ0) is 13.9. The van der Waals surface area contributed by atoms with Crippen LogP contribution in [0, 0.1) is 29.1 Å². The number of hydrogen-bond acceptors (Lipinski definition) is 2. The molecule has 3 heteroatoms. The lowest BCUT2D eigenvalue weighted by molar-refractivity contribution is 0.0844. The summed E-state index contributed by atoms with van der Waals surface area (Å²) in [6.07, 6.45) is 10.7. The molecule has 19 heavy (non-hydrogen) atoms. The Bertz CT molecular complexity index is 272. The van der Waals surface area contributed by atoms with E-state index in [0.29, 0.717) is 0 Å². The third-order valence-corrected chi connectivity index (χ3v) is 6.60. The topological polar surface area (TPSA) is 18.5 Å². The van der Waals surface area contributed by atoms with Gasteiger partial charge in [0, 0.05) is 14.2 Å². The molecule has 3 saturated carbocycles.